The molecule has 0 saturated carbocycles. The first-order valence-electron chi connectivity index (χ1n) is 8.03. The van der Waals surface area contributed by atoms with Crippen molar-refractivity contribution >= 4 is 29.3 Å². The molecule has 1 nitrogen and oxygen atoms in total. The maximum Gasteiger partial charge on any atom is 0.167 e. The molecule has 0 aliphatic heterocycles. The molecule has 0 aliphatic rings. The zero-order chi connectivity index (χ0) is 17.9. The van der Waals surface area contributed by atoms with Crippen LogP contribution in [0.4, 0.5) is 0 Å². The van der Waals surface area contributed by atoms with Gasteiger partial charge in [-0.25, -0.2) is 0 Å². The van der Waals surface area contributed by atoms with Crippen LogP contribution in [0.1, 0.15) is 15.9 Å². The Morgan fingerprint density at radius 2 is 1.16 bits per heavy atom. The molecule has 3 aromatic rings. The van der Waals surface area contributed by atoms with Gasteiger partial charge < -0.3 is 0 Å². The van der Waals surface area contributed by atoms with Gasteiger partial charge in [0.1, 0.15) is 0 Å². The van der Waals surface area contributed by atoms with Crippen LogP contribution in [0.25, 0.3) is 0 Å². The third-order valence-electron chi connectivity index (χ3n) is 3.60. The highest BCUT2D eigenvalue weighted by Gasteiger charge is 2.06. The number of Topliss-reactive ketones (excluding diaryl/α,β-unsaturated/α-hetero) is 1. The number of rotatable bonds is 5. The monoisotopic (exact) mass is 366 g/mol. The Hall–Kier alpha value is -1.97. The highest BCUT2D eigenvalue weighted by Crippen LogP contribution is 2.16. The third kappa shape index (κ3) is 6.81. The normalized spacial score (nSPS) is 9.84. The number of carbonyl (C=O) groups excluding carboxylic acids is 1. The molecule has 3 heteroatoms. The number of carbonyl (C=O) groups is 1. The van der Waals surface area contributed by atoms with Crippen molar-refractivity contribution in [2.24, 2.45) is 0 Å². The van der Waals surface area contributed by atoms with E-state index in [9.17, 15) is 4.79 Å². The van der Waals surface area contributed by atoms with Crippen LogP contribution in [0.3, 0.4) is 0 Å². The van der Waals surface area contributed by atoms with E-state index >= 15 is 0 Å². The van der Waals surface area contributed by atoms with Crippen LogP contribution in [0.2, 0.25) is 0 Å². The molecular formula is C22H22OS2. The van der Waals surface area contributed by atoms with Crippen molar-refractivity contribution in [2.75, 3.05) is 12.5 Å². The van der Waals surface area contributed by atoms with Crippen LogP contribution < -0.4 is 0 Å². The lowest BCUT2D eigenvalue weighted by Crippen LogP contribution is -2.02. The van der Waals surface area contributed by atoms with Crippen molar-refractivity contribution in [1.82, 2.24) is 0 Å². The molecule has 0 spiro atoms. The smallest absolute Gasteiger partial charge is 0.167 e. The molecule has 0 fully saturated rings. The zero-order valence-corrected chi connectivity index (χ0v) is 16.1. The standard InChI is InChI=1S/C15H14OS.C7H8S/c1-17-14-9-7-13(8-10-14)15(16)11-12-5-3-2-4-6-12;1-8-7-5-3-2-4-6-7/h2-10H,11H2,1H3;2-6H,1H3. The van der Waals surface area contributed by atoms with Crippen molar-refractivity contribution in [1.29, 1.82) is 0 Å². The number of hydrogen-bond donors (Lipinski definition) is 0. The van der Waals surface area contributed by atoms with E-state index in [2.05, 4.69) is 18.4 Å². The lowest BCUT2D eigenvalue weighted by Gasteiger charge is -2.02. The summed E-state index contributed by atoms with van der Waals surface area (Å²) in [6.45, 7) is 0. The molecule has 0 atom stereocenters. The summed E-state index contributed by atoms with van der Waals surface area (Å²) in [5.74, 6) is 0.170. The first kappa shape index (κ1) is 19.4. The minimum Gasteiger partial charge on any atom is -0.294 e. The fraction of sp³-hybridized carbons (Fsp3) is 0.136. The Balaban J connectivity index is 0.000000236. The van der Waals surface area contributed by atoms with Gasteiger partial charge in [0.25, 0.3) is 0 Å². The van der Waals surface area contributed by atoms with E-state index in [0.29, 0.717) is 6.42 Å². The van der Waals surface area contributed by atoms with Crippen molar-refractivity contribution in [3.8, 4) is 0 Å². The van der Waals surface area contributed by atoms with Gasteiger partial charge in [0.2, 0.25) is 0 Å². The molecule has 0 saturated heterocycles. The minimum absolute atomic E-state index is 0.170. The molecule has 0 unspecified atom stereocenters. The molecule has 0 radical (unpaired) electrons. The largest absolute Gasteiger partial charge is 0.294 e. The maximum atomic E-state index is 12.0. The third-order valence-corrected chi connectivity index (χ3v) is 5.09. The van der Waals surface area contributed by atoms with Crippen LogP contribution in [0.5, 0.6) is 0 Å². The van der Waals surface area contributed by atoms with Gasteiger partial charge in [0, 0.05) is 21.8 Å². The molecule has 0 aliphatic carbocycles. The average molecular weight is 367 g/mol. The number of benzene rings is 3. The summed E-state index contributed by atoms with van der Waals surface area (Å²) in [4.78, 5) is 14.5. The zero-order valence-electron chi connectivity index (χ0n) is 14.5. The fourth-order valence-electron chi connectivity index (χ4n) is 2.22. The summed E-state index contributed by atoms with van der Waals surface area (Å²) in [5, 5.41) is 0. The highest BCUT2D eigenvalue weighted by molar-refractivity contribution is 7.98. The maximum absolute atomic E-state index is 12.0. The summed E-state index contributed by atoms with van der Waals surface area (Å²) >= 11 is 3.45. The number of hydrogen-bond acceptors (Lipinski definition) is 3. The van der Waals surface area contributed by atoms with Gasteiger partial charge in [0.15, 0.2) is 5.78 Å². The van der Waals surface area contributed by atoms with Gasteiger partial charge in [-0.05, 0) is 42.3 Å². The van der Waals surface area contributed by atoms with Crippen LogP contribution in [0, 0.1) is 0 Å². The van der Waals surface area contributed by atoms with Crippen molar-refractivity contribution in [2.45, 2.75) is 16.2 Å². The second-order valence-electron chi connectivity index (χ2n) is 5.33. The summed E-state index contributed by atoms with van der Waals surface area (Å²) < 4.78 is 0. The van der Waals surface area contributed by atoms with Gasteiger partial charge in [-0.2, -0.15) is 0 Å². The lowest BCUT2D eigenvalue weighted by molar-refractivity contribution is 0.0993. The molecule has 0 aromatic heterocycles. The molecular weight excluding hydrogens is 344 g/mol. The summed E-state index contributed by atoms with van der Waals surface area (Å²) in [6, 6.07) is 27.9. The van der Waals surface area contributed by atoms with E-state index in [0.717, 1.165) is 11.1 Å². The molecule has 3 rings (SSSR count). The molecule has 0 bridgehead atoms. The molecule has 128 valence electrons. The van der Waals surface area contributed by atoms with E-state index in [-0.39, 0.29) is 5.78 Å². The second-order valence-corrected chi connectivity index (χ2v) is 7.09. The SMILES string of the molecule is CSc1ccc(C(=O)Cc2ccccc2)cc1.CSc1ccccc1. The molecule has 25 heavy (non-hydrogen) atoms. The average Bonchev–Trinajstić information content (AvgIpc) is 2.70. The predicted molar refractivity (Wildman–Crippen MR) is 111 cm³/mol. The van der Waals surface area contributed by atoms with E-state index in [1.807, 2.05) is 79.1 Å². The highest BCUT2D eigenvalue weighted by atomic mass is 32.2. The molecule has 0 amide bonds. The van der Waals surface area contributed by atoms with Crippen LogP contribution in [-0.4, -0.2) is 18.3 Å². The Morgan fingerprint density at radius 3 is 1.64 bits per heavy atom. The topological polar surface area (TPSA) is 17.1 Å². The second kappa shape index (κ2) is 10.8. The number of thioether (sulfide) groups is 2. The van der Waals surface area contributed by atoms with Crippen LogP contribution in [-0.2, 0) is 6.42 Å². The summed E-state index contributed by atoms with van der Waals surface area (Å²) in [5.41, 5.74) is 1.85. The predicted octanol–water partition coefficient (Wildman–Crippen LogP) is 6.24. The molecule has 3 aromatic carbocycles. The van der Waals surface area contributed by atoms with Gasteiger partial charge in [0.05, 0.1) is 0 Å². The van der Waals surface area contributed by atoms with Gasteiger partial charge in [-0.15, -0.1) is 23.5 Å². The van der Waals surface area contributed by atoms with Crippen molar-refractivity contribution in [3.63, 3.8) is 0 Å². The lowest BCUT2D eigenvalue weighted by atomic mass is 10.0. The van der Waals surface area contributed by atoms with Gasteiger partial charge in [-0.3, -0.25) is 4.79 Å². The first-order chi connectivity index (χ1) is 12.2. The van der Waals surface area contributed by atoms with E-state index < -0.39 is 0 Å². The Kier molecular flexibility index (Phi) is 8.36. The molecule has 0 heterocycles. The van der Waals surface area contributed by atoms with Crippen molar-refractivity contribution in [3.05, 3.63) is 96.1 Å². The Morgan fingerprint density at radius 1 is 0.680 bits per heavy atom. The van der Waals surface area contributed by atoms with Gasteiger partial charge >= 0.3 is 0 Å². The van der Waals surface area contributed by atoms with E-state index in [1.54, 1.807) is 23.5 Å². The summed E-state index contributed by atoms with van der Waals surface area (Å²) in [6.07, 6.45) is 4.58. The van der Waals surface area contributed by atoms with Crippen LogP contribution in [0.15, 0.2) is 94.7 Å². The first-order valence-corrected chi connectivity index (χ1v) is 10.5. The van der Waals surface area contributed by atoms with Crippen molar-refractivity contribution < 1.29 is 4.79 Å². The summed E-state index contributed by atoms with van der Waals surface area (Å²) in [7, 11) is 0. The minimum atomic E-state index is 0.170. The van der Waals surface area contributed by atoms with Crippen LogP contribution >= 0.6 is 23.5 Å². The fourth-order valence-corrected chi connectivity index (χ4v) is 3.05. The number of ketones is 1. The van der Waals surface area contributed by atoms with E-state index in [1.165, 1.54) is 9.79 Å². The molecule has 0 N–H and O–H groups in total. The Bertz CT molecular complexity index is 753. The quantitative estimate of drug-likeness (QED) is 0.393. The van der Waals surface area contributed by atoms with E-state index in [4.69, 9.17) is 0 Å². The Labute approximate surface area is 158 Å². The van der Waals surface area contributed by atoms with Gasteiger partial charge in [-0.1, -0.05) is 60.7 Å².